The third-order valence-electron chi connectivity index (χ3n) is 1.74. The first kappa shape index (κ1) is 8.08. The average molecular weight is 246 g/mol. The molecule has 0 atom stereocenters. The Labute approximate surface area is 83.3 Å². The Morgan fingerprint density at radius 1 is 1.50 bits per heavy atom. The SMILES string of the molecule is Cn1cc(Br)c2ccc(Cl)nc21. The summed E-state index contributed by atoms with van der Waals surface area (Å²) in [6.45, 7) is 0. The maximum absolute atomic E-state index is 5.76. The summed E-state index contributed by atoms with van der Waals surface area (Å²) in [5, 5.41) is 1.61. The number of hydrogen-bond donors (Lipinski definition) is 0. The first-order chi connectivity index (χ1) is 5.68. The molecule has 0 aromatic carbocycles. The molecule has 0 bridgehead atoms. The molecular formula is C8H6BrClN2. The van der Waals surface area contributed by atoms with Gasteiger partial charge < -0.3 is 4.57 Å². The summed E-state index contributed by atoms with van der Waals surface area (Å²) in [6, 6.07) is 3.74. The molecule has 2 aromatic heterocycles. The minimum Gasteiger partial charge on any atom is -0.334 e. The van der Waals surface area contributed by atoms with Gasteiger partial charge in [-0.15, -0.1) is 0 Å². The second kappa shape index (κ2) is 2.75. The van der Waals surface area contributed by atoms with Crippen LogP contribution in [0.2, 0.25) is 5.15 Å². The number of rotatable bonds is 0. The summed E-state index contributed by atoms with van der Waals surface area (Å²) in [5.41, 5.74) is 0.898. The van der Waals surface area contributed by atoms with E-state index in [-0.39, 0.29) is 0 Å². The fourth-order valence-electron chi connectivity index (χ4n) is 1.18. The van der Waals surface area contributed by atoms with Crippen LogP contribution in [0.3, 0.4) is 0 Å². The first-order valence-corrected chi connectivity index (χ1v) is 4.62. The Balaban J connectivity index is 2.90. The van der Waals surface area contributed by atoms with Crippen molar-refractivity contribution in [3.8, 4) is 0 Å². The molecule has 0 aliphatic rings. The van der Waals surface area contributed by atoms with Gasteiger partial charge in [-0.3, -0.25) is 0 Å². The van der Waals surface area contributed by atoms with Crippen LogP contribution in [0.25, 0.3) is 11.0 Å². The van der Waals surface area contributed by atoms with Crippen LogP contribution in [0.5, 0.6) is 0 Å². The van der Waals surface area contributed by atoms with Gasteiger partial charge in [-0.25, -0.2) is 4.98 Å². The molecule has 12 heavy (non-hydrogen) atoms. The Bertz CT molecular complexity index is 436. The van der Waals surface area contributed by atoms with Crippen LogP contribution in [0, 0.1) is 0 Å². The Hall–Kier alpha value is -0.540. The van der Waals surface area contributed by atoms with E-state index in [2.05, 4.69) is 20.9 Å². The van der Waals surface area contributed by atoms with Gasteiger partial charge in [0.25, 0.3) is 0 Å². The topological polar surface area (TPSA) is 17.8 Å². The molecule has 0 radical (unpaired) electrons. The molecule has 2 aromatic rings. The zero-order valence-corrected chi connectivity index (χ0v) is 8.72. The predicted octanol–water partition coefficient (Wildman–Crippen LogP) is 2.99. The predicted molar refractivity (Wildman–Crippen MR) is 53.4 cm³/mol. The Morgan fingerprint density at radius 3 is 3.00 bits per heavy atom. The normalized spacial score (nSPS) is 10.9. The van der Waals surface area contributed by atoms with Gasteiger partial charge in [0.2, 0.25) is 0 Å². The standard InChI is InChI=1S/C8H6BrClN2/c1-12-4-6(9)5-2-3-7(10)11-8(5)12/h2-4H,1H3. The maximum atomic E-state index is 5.76. The zero-order valence-electron chi connectivity index (χ0n) is 6.38. The smallest absolute Gasteiger partial charge is 0.142 e. The molecule has 0 aliphatic heterocycles. The number of fused-ring (bicyclic) bond motifs is 1. The van der Waals surface area contributed by atoms with Gasteiger partial charge in [0.05, 0.1) is 0 Å². The number of pyridine rings is 1. The molecular weight excluding hydrogens is 239 g/mol. The lowest BCUT2D eigenvalue weighted by atomic mass is 10.3. The molecule has 0 N–H and O–H groups in total. The van der Waals surface area contributed by atoms with Gasteiger partial charge in [0, 0.05) is 23.1 Å². The second-order valence-corrected chi connectivity index (χ2v) is 3.83. The Morgan fingerprint density at radius 2 is 2.25 bits per heavy atom. The lowest BCUT2D eigenvalue weighted by Crippen LogP contribution is -1.86. The summed E-state index contributed by atoms with van der Waals surface area (Å²) in [7, 11) is 1.94. The van der Waals surface area contributed by atoms with Crippen molar-refractivity contribution in [3.63, 3.8) is 0 Å². The van der Waals surface area contributed by atoms with Crippen LogP contribution in [-0.4, -0.2) is 9.55 Å². The summed E-state index contributed by atoms with van der Waals surface area (Å²) < 4.78 is 2.98. The quantitative estimate of drug-likeness (QED) is 0.653. The molecule has 0 spiro atoms. The minimum atomic E-state index is 0.524. The van der Waals surface area contributed by atoms with Crippen molar-refractivity contribution in [1.29, 1.82) is 0 Å². The number of halogens is 2. The van der Waals surface area contributed by atoms with Gasteiger partial charge in [-0.2, -0.15) is 0 Å². The third kappa shape index (κ3) is 1.13. The summed E-state index contributed by atoms with van der Waals surface area (Å²) in [4.78, 5) is 4.19. The largest absolute Gasteiger partial charge is 0.334 e. The van der Waals surface area contributed by atoms with Crippen LogP contribution >= 0.6 is 27.5 Å². The van der Waals surface area contributed by atoms with Crippen molar-refractivity contribution >= 4 is 38.6 Å². The third-order valence-corrected chi connectivity index (χ3v) is 2.58. The highest BCUT2D eigenvalue weighted by atomic mass is 79.9. The van der Waals surface area contributed by atoms with E-state index < -0.39 is 0 Å². The Kier molecular flexibility index (Phi) is 1.85. The molecule has 0 unspecified atom stereocenters. The molecule has 0 amide bonds. The van der Waals surface area contributed by atoms with E-state index in [1.165, 1.54) is 0 Å². The van der Waals surface area contributed by atoms with Crippen molar-refractivity contribution in [3.05, 3.63) is 28.0 Å². The zero-order chi connectivity index (χ0) is 8.72. The van der Waals surface area contributed by atoms with Crippen molar-refractivity contribution < 1.29 is 0 Å². The number of hydrogen-bond acceptors (Lipinski definition) is 1. The molecule has 2 nitrogen and oxygen atoms in total. The molecule has 62 valence electrons. The van der Waals surface area contributed by atoms with E-state index in [0.717, 1.165) is 15.5 Å². The van der Waals surface area contributed by atoms with E-state index in [1.807, 2.05) is 23.9 Å². The van der Waals surface area contributed by atoms with Crippen LogP contribution in [0.4, 0.5) is 0 Å². The van der Waals surface area contributed by atoms with E-state index in [9.17, 15) is 0 Å². The lowest BCUT2D eigenvalue weighted by Gasteiger charge is -1.94. The average Bonchev–Trinajstić information content (AvgIpc) is 2.28. The molecule has 2 heterocycles. The molecule has 0 saturated carbocycles. The van der Waals surface area contributed by atoms with Crippen molar-refractivity contribution in [1.82, 2.24) is 9.55 Å². The molecule has 0 fully saturated rings. The van der Waals surface area contributed by atoms with Crippen LogP contribution in [-0.2, 0) is 7.05 Å². The summed E-state index contributed by atoms with van der Waals surface area (Å²) >= 11 is 9.20. The summed E-state index contributed by atoms with van der Waals surface area (Å²) in [6.07, 6.45) is 1.97. The van der Waals surface area contributed by atoms with Gasteiger partial charge in [-0.05, 0) is 28.1 Å². The van der Waals surface area contributed by atoms with Crippen LogP contribution < -0.4 is 0 Å². The van der Waals surface area contributed by atoms with E-state index in [0.29, 0.717) is 5.15 Å². The highest BCUT2D eigenvalue weighted by Gasteiger charge is 2.04. The van der Waals surface area contributed by atoms with Gasteiger partial charge in [-0.1, -0.05) is 11.6 Å². The maximum Gasteiger partial charge on any atom is 0.142 e. The molecule has 4 heteroatoms. The second-order valence-electron chi connectivity index (χ2n) is 2.59. The van der Waals surface area contributed by atoms with Crippen molar-refractivity contribution in [2.45, 2.75) is 0 Å². The minimum absolute atomic E-state index is 0.524. The van der Waals surface area contributed by atoms with E-state index in [1.54, 1.807) is 6.07 Å². The van der Waals surface area contributed by atoms with Gasteiger partial charge >= 0.3 is 0 Å². The number of aromatic nitrogens is 2. The molecule has 2 rings (SSSR count). The van der Waals surface area contributed by atoms with Gasteiger partial charge in [0.1, 0.15) is 10.8 Å². The molecule has 0 aliphatic carbocycles. The fraction of sp³-hybridized carbons (Fsp3) is 0.125. The van der Waals surface area contributed by atoms with Gasteiger partial charge in [0.15, 0.2) is 0 Å². The molecule has 0 saturated heterocycles. The van der Waals surface area contributed by atoms with Crippen LogP contribution in [0.1, 0.15) is 0 Å². The highest BCUT2D eigenvalue weighted by molar-refractivity contribution is 9.10. The van der Waals surface area contributed by atoms with E-state index >= 15 is 0 Å². The lowest BCUT2D eigenvalue weighted by molar-refractivity contribution is 0.946. The van der Waals surface area contributed by atoms with Crippen molar-refractivity contribution in [2.75, 3.05) is 0 Å². The van der Waals surface area contributed by atoms with Crippen LogP contribution in [0.15, 0.2) is 22.8 Å². The monoisotopic (exact) mass is 244 g/mol. The number of aryl methyl sites for hydroxylation is 1. The highest BCUT2D eigenvalue weighted by Crippen LogP contribution is 2.24. The first-order valence-electron chi connectivity index (χ1n) is 3.45. The van der Waals surface area contributed by atoms with Crippen molar-refractivity contribution in [2.24, 2.45) is 7.05 Å². The number of nitrogens with zero attached hydrogens (tertiary/aromatic N) is 2. The fourth-order valence-corrected chi connectivity index (χ4v) is 1.94. The van der Waals surface area contributed by atoms with E-state index in [4.69, 9.17) is 11.6 Å². The summed E-state index contributed by atoms with van der Waals surface area (Å²) in [5.74, 6) is 0.